The van der Waals surface area contributed by atoms with E-state index < -0.39 is 0 Å². The molecule has 5 heterocycles. The summed E-state index contributed by atoms with van der Waals surface area (Å²) in [5.41, 5.74) is 15.2. The van der Waals surface area contributed by atoms with E-state index in [1.807, 2.05) is 6.07 Å². The van der Waals surface area contributed by atoms with Gasteiger partial charge < -0.3 is 20.4 Å². The van der Waals surface area contributed by atoms with E-state index >= 15 is 0 Å². The van der Waals surface area contributed by atoms with Gasteiger partial charge in [0.25, 0.3) is 0 Å². The Bertz CT molecular complexity index is 2250. The van der Waals surface area contributed by atoms with Crippen molar-refractivity contribution in [2.24, 2.45) is 5.73 Å². The Balaban J connectivity index is 0.000000334. The van der Waals surface area contributed by atoms with Gasteiger partial charge >= 0.3 is 0 Å². The lowest BCUT2D eigenvalue weighted by Gasteiger charge is -2.09. The minimum atomic E-state index is -0.379. The van der Waals surface area contributed by atoms with Gasteiger partial charge in [-0.25, -0.2) is 9.97 Å². The van der Waals surface area contributed by atoms with E-state index in [0.29, 0.717) is 12.2 Å². The lowest BCUT2D eigenvalue weighted by molar-refractivity contribution is 0.1000. The Morgan fingerprint density at radius 3 is 1.42 bits per heavy atom. The van der Waals surface area contributed by atoms with Gasteiger partial charge in [0, 0.05) is 22.2 Å². The van der Waals surface area contributed by atoms with E-state index in [2.05, 4.69) is 122 Å². The summed E-state index contributed by atoms with van der Waals surface area (Å²) in [6.07, 6.45) is 29.7. The first-order valence-corrected chi connectivity index (χ1v) is 22.6. The normalized spacial score (nSPS) is 11.4. The maximum Gasteiger partial charge on any atom is 0.248 e. The van der Waals surface area contributed by atoms with Crippen molar-refractivity contribution in [3.05, 3.63) is 125 Å². The Kier molecular flexibility index (Phi) is 19.5. The highest BCUT2D eigenvalue weighted by atomic mass is 16.5. The van der Waals surface area contributed by atoms with E-state index in [4.69, 9.17) is 20.4 Å². The molecule has 0 unspecified atom stereocenters. The summed E-state index contributed by atoms with van der Waals surface area (Å²) in [7, 11) is 0. The fourth-order valence-corrected chi connectivity index (χ4v) is 7.31. The van der Waals surface area contributed by atoms with Crippen molar-refractivity contribution in [3.8, 4) is 16.9 Å². The van der Waals surface area contributed by atoms with E-state index in [1.54, 1.807) is 24.3 Å². The van der Waals surface area contributed by atoms with Crippen LogP contribution in [-0.4, -0.2) is 32.4 Å². The van der Waals surface area contributed by atoms with Crippen LogP contribution in [0.25, 0.3) is 57.5 Å². The second-order valence-electron chi connectivity index (χ2n) is 15.7. The maximum absolute atomic E-state index is 10.4. The van der Waals surface area contributed by atoms with Crippen LogP contribution in [-0.2, 0) is 0 Å². The largest absolute Gasteiger partial charge is 0.491 e. The highest BCUT2D eigenvalue weighted by Crippen LogP contribution is 2.39. The number of carbonyl (C=O) groups excluding carboxylic acids is 1. The molecule has 0 saturated heterocycles. The number of aromatic nitrogens is 4. The lowest BCUT2D eigenvalue weighted by atomic mass is 10.1. The Morgan fingerprint density at radius 1 is 0.517 bits per heavy atom. The third kappa shape index (κ3) is 15.2. The van der Waals surface area contributed by atoms with Gasteiger partial charge in [0.15, 0.2) is 5.75 Å². The summed E-state index contributed by atoms with van der Waals surface area (Å²) in [5, 5.41) is 0. The van der Waals surface area contributed by atoms with Crippen molar-refractivity contribution < 1.29 is 9.53 Å². The monoisotopic (exact) mass is 806 g/mol. The van der Waals surface area contributed by atoms with Crippen molar-refractivity contribution >= 4 is 52.3 Å². The predicted octanol–water partition coefficient (Wildman–Crippen LogP) is 14.8. The number of unbranched alkanes of at least 4 members (excludes halogenated alkanes) is 14. The zero-order valence-electron chi connectivity index (χ0n) is 36.4. The lowest BCUT2D eigenvalue weighted by Crippen LogP contribution is -2.09. The third-order valence-electron chi connectivity index (χ3n) is 10.6. The van der Waals surface area contributed by atoms with E-state index in [0.717, 1.165) is 68.1 Å². The molecular weight excluding hydrogens is 739 g/mol. The summed E-state index contributed by atoms with van der Waals surface area (Å²) < 4.78 is 6.64. The molecule has 60 heavy (non-hydrogen) atoms. The highest BCUT2D eigenvalue weighted by Gasteiger charge is 2.16. The molecule has 4 N–H and O–H groups in total. The zero-order valence-corrected chi connectivity index (χ0v) is 36.4. The highest BCUT2D eigenvalue weighted by molar-refractivity contribution is 5.95. The van der Waals surface area contributed by atoms with Crippen LogP contribution in [0.4, 0.5) is 0 Å². The molecule has 0 saturated carbocycles. The minimum Gasteiger partial charge on any atom is -0.491 e. The van der Waals surface area contributed by atoms with Gasteiger partial charge in [-0.1, -0.05) is 166 Å². The van der Waals surface area contributed by atoms with Crippen LogP contribution >= 0.6 is 0 Å². The predicted molar refractivity (Wildman–Crippen MR) is 256 cm³/mol. The number of rotatable bonds is 19. The average Bonchev–Trinajstić information content (AvgIpc) is 4.08. The summed E-state index contributed by atoms with van der Waals surface area (Å²) in [4.78, 5) is 27.3. The first-order chi connectivity index (χ1) is 29.5. The molecule has 0 spiro atoms. The molecule has 0 aliphatic carbocycles. The molecule has 1 amide bonds. The topological polar surface area (TPSA) is 110 Å². The fourth-order valence-electron chi connectivity index (χ4n) is 7.31. The van der Waals surface area contributed by atoms with Gasteiger partial charge in [0.1, 0.15) is 0 Å². The van der Waals surface area contributed by atoms with Crippen LogP contribution in [0, 0.1) is 0 Å². The number of fused-ring (bicyclic) bond motifs is 8. The van der Waals surface area contributed by atoms with Crippen LogP contribution in [0.2, 0.25) is 0 Å². The molecule has 7 rings (SSSR count). The number of nitrogens with two attached hydrogens (primary N) is 1. The number of nitrogens with one attached hydrogen (secondary N) is 2. The summed E-state index contributed by atoms with van der Waals surface area (Å²) in [6, 6.07) is 31.8. The minimum absolute atomic E-state index is 0.379. The van der Waals surface area contributed by atoms with Crippen LogP contribution in [0.5, 0.6) is 5.75 Å². The average molecular weight is 806 g/mol. The van der Waals surface area contributed by atoms with Crippen LogP contribution in [0.3, 0.4) is 0 Å². The molecule has 7 nitrogen and oxygen atoms in total. The zero-order chi connectivity index (χ0) is 42.2. The molecule has 0 radical (unpaired) electrons. The molecule has 3 aromatic heterocycles. The first kappa shape index (κ1) is 45.4. The van der Waals surface area contributed by atoms with Crippen molar-refractivity contribution in [2.45, 2.75) is 124 Å². The van der Waals surface area contributed by atoms with E-state index in [9.17, 15) is 4.79 Å². The fraction of sp³-hybridized carbons (Fsp3) is 0.377. The van der Waals surface area contributed by atoms with E-state index in [-0.39, 0.29) is 5.91 Å². The van der Waals surface area contributed by atoms with Crippen LogP contribution in [0.15, 0.2) is 97.1 Å². The Hall–Kier alpha value is -5.69. The van der Waals surface area contributed by atoms with Crippen molar-refractivity contribution in [3.63, 3.8) is 0 Å². The summed E-state index contributed by atoms with van der Waals surface area (Å²) >= 11 is 0. The van der Waals surface area contributed by atoms with Crippen molar-refractivity contribution in [1.82, 2.24) is 19.9 Å². The molecule has 5 aromatic rings. The molecule has 8 bridgehead atoms. The number of primary amides is 1. The number of nitrogens with zero attached hydrogens (tertiary/aromatic N) is 2. The number of H-pyrrole nitrogens is 2. The van der Waals surface area contributed by atoms with Gasteiger partial charge in [-0.3, -0.25) is 4.79 Å². The quantitative estimate of drug-likeness (QED) is 0.0707. The van der Waals surface area contributed by atoms with Gasteiger partial charge in [0.2, 0.25) is 5.91 Å². The smallest absolute Gasteiger partial charge is 0.248 e. The maximum atomic E-state index is 10.4. The number of hydrogen-bond donors (Lipinski definition) is 3. The van der Waals surface area contributed by atoms with Gasteiger partial charge in [-0.05, 0) is 84.8 Å². The molecular formula is C53H67N5O2. The Labute approximate surface area is 358 Å². The van der Waals surface area contributed by atoms with Gasteiger partial charge in [-0.15, -0.1) is 0 Å². The molecule has 2 aromatic carbocycles. The van der Waals surface area contributed by atoms with E-state index in [1.165, 1.54) is 96.3 Å². The van der Waals surface area contributed by atoms with Crippen LogP contribution in [0.1, 0.15) is 157 Å². The Morgan fingerprint density at radius 2 is 0.950 bits per heavy atom. The molecule has 2 aliphatic heterocycles. The third-order valence-corrected chi connectivity index (χ3v) is 10.6. The molecule has 7 heteroatoms. The number of amides is 1. The molecule has 0 fully saturated rings. The van der Waals surface area contributed by atoms with Gasteiger partial charge in [0.05, 0.1) is 40.4 Å². The summed E-state index contributed by atoms with van der Waals surface area (Å²) in [6.45, 7) is 7.47. The van der Waals surface area contributed by atoms with Crippen molar-refractivity contribution in [1.29, 1.82) is 0 Å². The van der Waals surface area contributed by atoms with Crippen LogP contribution < -0.4 is 10.5 Å². The standard InChI is InChI=1S/C38H42N4O.C8H18.C7H7NO/c1-2-3-4-5-6-7-8-9-10-14-23-43-38-36-27-34-22-20-32(41-34)25-30-18-17-29(39-30)24-31-19-21-33(40-31)26-35(42-36)37(38)28-15-12-11-13-16-28;1-3-5-7-8-6-4-2;8-7(9)6-4-2-1-3-5-6/h11-13,15-22,24-27,39,42H,2-10,14,23H2,1H3;3-8H2,1-2H3;1-5H,(H2,8,9). The first-order valence-electron chi connectivity index (χ1n) is 22.6. The second kappa shape index (κ2) is 25.7. The molecule has 0 atom stereocenters. The SMILES string of the molecule is CCCCCCCC.CCCCCCCCCCCCOc1c(-c2ccccc2)c2cc3nc(cc4ccc(cc5nc(cc1[nH]2)C=C5)[nH]4)C=C3.NC(=O)c1ccccc1. The van der Waals surface area contributed by atoms with Crippen molar-refractivity contribution in [2.75, 3.05) is 6.61 Å². The number of carbonyl (C=O) groups is 1. The molecule has 316 valence electrons. The number of aromatic amines is 2. The number of ether oxygens (including phenoxy) is 1. The number of hydrogen-bond acceptors (Lipinski definition) is 4. The van der Waals surface area contributed by atoms with Gasteiger partial charge in [-0.2, -0.15) is 0 Å². The summed E-state index contributed by atoms with van der Waals surface area (Å²) in [5.74, 6) is 0.494. The second-order valence-corrected chi connectivity index (χ2v) is 15.7. The number of benzene rings is 2. The molecule has 2 aliphatic rings.